The lowest BCUT2D eigenvalue weighted by Gasteiger charge is -2.37. The summed E-state index contributed by atoms with van der Waals surface area (Å²) in [6, 6.07) is 9.28. The van der Waals surface area contributed by atoms with E-state index in [1.807, 2.05) is 11.0 Å². The molecule has 1 aromatic carbocycles. The summed E-state index contributed by atoms with van der Waals surface area (Å²) in [6.07, 6.45) is -3.85. The smallest absolute Gasteiger partial charge is 0.389 e. The van der Waals surface area contributed by atoms with Crippen molar-refractivity contribution >= 4 is 22.2 Å². The molecule has 4 aromatic rings. The monoisotopic (exact) mass is 415 g/mol. The zero-order valence-electron chi connectivity index (χ0n) is 15.8. The minimum Gasteiger partial charge on any atom is -0.389 e. The third-order valence-corrected chi connectivity index (χ3v) is 5.35. The number of β-amino-alcohol motifs (C(OH)–C–C–N with tert-alkyl or cyclic N) is 1. The van der Waals surface area contributed by atoms with Crippen molar-refractivity contribution in [3.05, 3.63) is 58.6 Å². The molecule has 5 rings (SSSR count). The number of fused-ring (bicyclic) bond motifs is 3. The Morgan fingerprint density at radius 1 is 1.13 bits per heavy atom. The number of nitrogens with zero attached hydrogens (tertiary/aromatic N) is 5. The van der Waals surface area contributed by atoms with Crippen LogP contribution in [0.2, 0.25) is 0 Å². The summed E-state index contributed by atoms with van der Waals surface area (Å²) >= 11 is 0. The maximum Gasteiger partial charge on any atom is 0.433 e. The number of anilines is 1. The van der Waals surface area contributed by atoms with Crippen LogP contribution in [0.3, 0.4) is 0 Å². The van der Waals surface area contributed by atoms with E-state index in [4.69, 9.17) is 0 Å². The van der Waals surface area contributed by atoms with Gasteiger partial charge in [0.2, 0.25) is 0 Å². The van der Waals surface area contributed by atoms with E-state index in [9.17, 15) is 23.1 Å². The minimum absolute atomic E-state index is 0.232. The number of hydrogen-bond acceptors (Lipinski definition) is 5. The van der Waals surface area contributed by atoms with E-state index in [2.05, 4.69) is 10.1 Å². The first-order chi connectivity index (χ1) is 14.2. The molecule has 0 aliphatic carbocycles. The second kappa shape index (κ2) is 6.30. The number of aromatic nitrogens is 4. The molecule has 1 N–H and O–H groups in total. The number of aryl methyl sites for hydroxylation is 1. The van der Waals surface area contributed by atoms with E-state index >= 15 is 0 Å². The standard InChI is InChI=1S/C20H16F3N5O2/c1-26-18-8-15(11-4-5-24-17(6-11)20(21,22)23)25-28(18)16-7-12(27-9-13(29)10-27)2-3-14(16)19(26)30/h2-8,13,29H,9-10H2,1H3. The van der Waals surface area contributed by atoms with Crippen LogP contribution >= 0.6 is 0 Å². The van der Waals surface area contributed by atoms with Crippen LogP contribution in [0, 0.1) is 0 Å². The molecule has 1 saturated heterocycles. The highest BCUT2D eigenvalue weighted by atomic mass is 19.4. The normalized spacial score (nSPS) is 15.2. The number of hydrogen-bond donors (Lipinski definition) is 1. The summed E-state index contributed by atoms with van der Waals surface area (Å²) in [5.74, 6) is 0. The van der Waals surface area contributed by atoms with Gasteiger partial charge in [0, 0.05) is 43.7 Å². The molecule has 7 nitrogen and oxygen atoms in total. The highest BCUT2D eigenvalue weighted by Gasteiger charge is 2.32. The van der Waals surface area contributed by atoms with Gasteiger partial charge in [-0.25, -0.2) is 4.52 Å². The summed E-state index contributed by atoms with van der Waals surface area (Å²) in [5.41, 5.74) is 1.15. The van der Waals surface area contributed by atoms with Gasteiger partial charge in [-0.2, -0.15) is 18.3 Å². The number of halogens is 3. The molecule has 0 saturated carbocycles. The van der Waals surface area contributed by atoms with E-state index in [0.29, 0.717) is 35.3 Å². The van der Waals surface area contributed by atoms with Gasteiger partial charge in [-0.05, 0) is 30.3 Å². The van der Waals surface area contributed by atoms with Crippen molar-refractivity contribution in [1.82, 2.24) is 19.2 Å². The van der Waals surface area contributed by atoms with E-state index in [0.717, 1.165) is 18.0 Å². The molecular weight excluding hydrogens is 399 g/mol. The first-order valence-electron chi connectivity index (χ1n) is 9.21. The SMILES string of the molecule is Cn1c(=O)c2ccc(N3CC(O)C3)cc2n2nc(-c3ccnc(C(F)(F)F)c3)cc12. The predicted molar refractivity (Wildman–Crippen MR) is 104 cm³/mol. The first-order valence-corrected chi connectivity index (χ1v) is 9.21. The third-order valence-electron chi connectivity index (χ3n) is 5.35. The van der Waals surface area contributed by atoms with Crippen molar-refractivity contribution in [2.75, 3.05) is 18.0 Å². The minimum atomic E-state index is -4.56. The van der Waals surface area contributed by atoms with E-state index in [-0.39, 0.29) is 17.2 Å². The molecule has 10 heteroatoms. The van der Waals surface area contributed by atoms with Crippen LogP contribution in [0.25, 0.3) is 27.8 Å². The fourth-order valence-electron chi connectivity index (χ4n) is 3.70. The average Bonchev–Trinajstić information content (AvgIpc) is 3.15. The summed E-state index contributed by atoms with van der Waals surface area (Å²) in [7, 11) is 1.59. The molecule has 154 valence electrons. The fraction of sp³-hybridized carbons (Fsp3) is 0.250. The van der Waals surface area contributed by atoms with Gasteiger partial charge in [-0.1, -0.05) is 0 Å². The second-order valence-corrected chi connectivity index (χ2v) is 7.35. The van der Waals surface area contributed by atoms with Crippen molar-refractivity contribution in [3.8, 4) is 11.3 Å². The average molecular weight is 415 g/mol. The number of alkyl halides is 3. The van der Waals surface area contributed by atoms with Crippen LogP contribution in [0.4, 0.5) is 18.9 Å². The third kappa shape index (κ3) is 2.83. The predicted octanol–water partition coefficient (Wildman–Crippen LogP) is 2.45. The molecule has 0 amide bonds. The van der Waals surface area contributed by atoms with E-state index in [1.165, 1.54) is 10.6 Å². The first kappa shape index (κ1) is 18.6. The Hall–Kier alpha value is -3.40. The van der Waals surface area contributed by atoms with Gasteiger partial charge < -0.3 is 10.0 Å². The zero-order chi connectivity index (χ0) is 21.2. The molecule has 1 aliphatic heterocycles. The lowest BCUT2D eigenvalue weighted by molar-refractivity contribution is -0.141. The molecule has 30 heavy (non-hydrogen) atoms. The van der Waals surface area contributed by atoms with Gasteiger partial charge in [0.15, 0.2) is 0 Å². The Bertz CT molecular complexity index is 1350. The highest BCUT2D eigenvalue weighted by molar-refractivity contribution is 5.85. The van der Waals surface area contributed by atoms with Crippen LogP contribution in [-0.4, -0.2) is 43.5 Å². The van der Waals surface area contributed by atoms with Crippen molar-refractivity contribution in [2.45, 2.75) is 12.3 Å². The van der Waals surface area contributed by atoms with Crippen LogP contribution in [-0.2, 0) is 13.2 Å². The van der Waals surface area contributed by atoms with Crippen LogP contribution in [0.15, 0.2) is 47.4 Å². The number of aliphatic hydroxyl groups excluding tert-OH is 1. The molecule has 1 aliphatic rings. The number of benzene rings is 1. The van der Waals surface area contributed by atoms with Crippen molar-refractivity contribution < 1.29 is 18.3 Å². The maximum atomic E-state index is 13.0. The number of aliphatic hydroxyl groups is 1. The summed E-state index contributed by atoms with van der Waals surface area (Å²) in [4.78, 5) is 18.2. The van der Waals surface area contributed by atoms with Crippen LogP contribution in [0.5, 0.6) is 0 Å². The Kier molecular flexibility index (Phi) is 3.91. The molecule has 1 fully saturated rings. The highest BCUT2D eigenvalue weighted by Crippen LogP contribution is 2.31. The van der Waals surface area contributed by atoms with E-state index < -0.39 is 11.9 Å². The molecular formula is C20H16F3N5O2. The zero-order valence-corrected chi connectivity index (χ0v) is 15.8. The molecule has 4 heterocycles. The Labute approximate surface area is 167 Å². The van der Waals surface area contributed by atoms with Gasteiger partial charge in [-0.15, -0.1) is 0 Å². The molecule has 0 unspecified atom stereocenters. The number of pyridine rings is 1. The van der Waals surface area contributed by atoms with Crippen molar-refractivity contribution in [3.63, 3.8) is 0 Å². The second-order valence-electron chi connectivity index (χ2n) is 7.35. The van der Waals surface area contributed by atoms with Gasteiger partial charge in [-0.3, -0.25) is 14.3 Å². The number of rotatable bonds is 2. The van der Waals surface area contributed by atoms with Gasteiger partial charge in [0.05, 0.1) is 22.7 Å². The quantitative estimate of drug-likeness (QED) is 0.544. The largest absolute Gasteiger partial charge is 0.433 e. The Morgan fingerprint density at radius 3 is 2.60 bits per heavy atom. The van der Waals surface area contributed by atoms with Gasteiger partial charge in [0.25, 0.3) is 5.56 Å². The van der Waals surface area contributed by atoms with Crippen LogP contribution in [0.1, 0.15) is 5.69 Å². The van der Waals surface area contributed by atoms with Crippen LogP contribution < -0.4 is 10.5 Å². The Morgan fingerprint density at radius 2 is 1.90 bits per heavy atom. The van der Waals surface area contributed by atoms with Gasteiger partial charge >= 0.3 is 6.18 Å². The molecule has 3 aromatic heterocycles. The summed E-state index contributed by atoms with van der Waals surface area (Å²) < 4.78 is 42.1. The Balaban J connectivity index is 1.71. The summed E-state index contributed by atoms with van der Waals surface area (Å²) in [5, 5.41) is 14.5. The van der Waals surface area contributed by atoms with Crippen molar-refractivity contribution in [1.29, 1.82) is 0 Å². The lowest BCUT2D eigenvalue weighted by Crippen LogP contribution is -2.50. The molecule has 0 atom stereocenters. The van der Waals surface area contributed by atoms with Crippen molar-refractivity contribution in [2.24, 2.45) is 7.05 Å². The maximum absolute atomic E-state index is 13.0. The summed E-state index contributed by atoms with van der Waals surface area (Å²) in [6.45, 7) is 1.00. The van der Waals surface area contributed by atoms with Gasteiger partial charge in [0.1, 0.15) is 11.3 Å². The molecule has 0 radical (unpaired) electrons. The topological polar surface area (TPSA) is 75.7 Å². The van der Waals surface area contributed by atoms with E-state index in [1.54, 1.807) is 29.8 Å². The molecule has 0 bridgehead atoms. The molecule has 0 spiro atoms. The lowest BCUT2D eigenvalue weighted by atomic mass is 10.1. The fourth-order valence-corrected chi connectivity index (χ4v) is 3.70.